The molecule has 64 valence electrons. The van der Waals surface area contributed by atoms with Crippen molar-refractivity contribution in [1.29, 1.82) is 5.26 Å². The van der Waals surface area contributed by atoms with E-state index in [0.29, 0.717) is 26.2 Å². The maximum Gasteiger partial charge on any atom is 0.241 e. The minimum atomic E-state index is -0.780. The molecule has 0 aromatic rings. The van der Waals surface area contributed by atoms with Crippen LogP contribution >= 0.6 is 0 Å². The fourth-order valence-corrected chi connectivity index (χ4v) is 1.75. The van der Waals surface area contributed by atoms with Crippen LogP contribution in [0.25, 0.3) is 0 Å². The Morgan fingerprint density at radius 2 is 2.42 bits per heavy atom. The van der Waals surface area contributed by atoms with Crippen LogP contribution in [0.4, 0.5) is 0 Å². The molecular weight excluding hydrogens is 156 g/mol. The van der Waals surface area contributed by atoms with Crippen LogP contribution in [0.2, 0.25) is 0 Å². The average molecular weight is 166 g/mol. The molecular formula is C8H10N2O2. The van der Waals surface area contributed by atoms with Crippen LogP contribution < -0.4 is 5.32 Å². The molecule has 12 heavy (non-hydrogen) atoms. The second-order valence-electron chi connectivity index (χ2n) is 3.32. The van der Waals surface area contributed by atoms with Gasteiger partial charge < -0.3 is 10.1 Å². The highest BCUT2D eigenvalue weighted by molar-refractivity contribution is 5.87. The second-order valence-corrected chi connectivity index (χ2v) is 3.32. The van der Waals surface area contributed by atoms with E-state index < -0.39 is 5.41 Å². The fraction of sp³-hybridized carbons (Fsp3) is 0.750. The minimum absolute atomic E-state index is 0.113. The van der Waals surface area contributed by atoms with E-state index in [1.54, 1.807) is 0 Å². The van der Waals surface area contributed by atoms with Crippen LogP contribution in [0.3, 0.4) is 0 Å². The maximum absolute atomic E-state index is 11.4. The molecule has 1 unspecified atom stereocenters. The predicted molar refractivity (Wildman–Crippen MR) is 40.0 cm³/mol. The Bertz CT molecular complexity index is 254. The van der Waals surface area contributed by atoms with Gasteiger partial charge in [0.25, 0.3) is 0 Å². The summed E-state index contributed by atoms with van der Waals surface area (Å²) in [6, 6.07) is 2.14. The van der Waals surface area contributed by atoms with Crippen molar-refractivity contribution in [3.05, 3.63) is 0 Å². The van der Waals surface area contributed by atoms with Crippen molar-refractivity contribution in [3.63, 3.8) is 0 Å². The maximum atomic E-state index is 11.4. The van der Waals surface area contributed by atoms with E-state index in [0.717, 1.165) is 0 Å². The lowest BCUT2D eigenvalue weighted by molar-refractivity contribution is -0.138. The van der Waals surface area contributed by atoms with E-state index in [1.807, 2.05) is 0 Å². The molecule has 0 bridgehead atoms. The lowest BCUT2D eigenvalue weighted by Gasteiger charge is -2.35. The lowest BCUT2D eigenvalue weighted by Crippen LogP contribution is -2.46. The number of nitrogens with one attached hydrogen (secondary N) is 1. The summed E-state index contributed by atoms with van der Waals surface area (Å²) in [5.41, 5.74) is -0.780. The summed E-state index contributed by atoms with van der Waals surface area (Å²) in [6.45, 7) is 1.74. The van der Waals surface area contributed by atoms with E-state index in [2.05, 4.69) is 11.4 Å². The van der Waals surface area contributed by atoms with Gasteiger partial charge in [0.1, 0.15) is 5.41 Å². The number of hydrogen-bond donors (Lipinski definition) is 1. The first-order chi connectivity index (χ1) is 5.79. The molecule has 2 rings (SSSR count). The summed E-state index contributed by atoms with van der Waals surface area (Å²) in [6.07, 6.45) is 0.635. The zero-order valence-electron chi connectivity index (χ0n) is 6.67. The molecule has 2 aliphatic rings. The van der Waals surface area contributed by atoms with Gasteiger partial charge in [0, 0.05) is 12.5 Å². The lowest BCUT2D eigenvalue weighted by atomic mass is 9.74. The molecule has 0 spiro atoms. The number of ether oxygens (including phenoxy) is 1. The van der Waals surface area contributed by atoms with Gasteiger partial charge >= 0.3 is 0 Å². The van der Waals surface area contributed by atoms with Gasteiger partial charge in [0.2, 0.25) is 5.91 Å². The van der Waals surface area contributed by atoms with E-state index in [-0.39, 0.29) is 11.8 Å². The number of carbonyl (C=O) groups is 1. The third-order valence-corrected chi connectivity index (χ3v) is 2.74. The van der Waals surface area contributed by atoms with Crippen LogP contribution in [0.1, 0.15) is 6.42 Å². The highest BCUT2D eigenvalue weighted by atomic mass is 16.5. The first-order valence-corrected chi connectivity index (χ1v) is 4.07. The first kappa shape index (κ1) is 7.56. The SMILES string of the molecule is N#CC1(C2COC2)CCNC1=O. The van der Waals surface area contributed by atoms with Crippen molar-refractivity contribution in [2.24, 2.45) is 11.3 Å². The molecule has 2 fully saturated rings. The number of rotatable bonds is 1. The van der Waals surface area contributed by atoms with E-state index in [9.17, 15) is 4.79 Å². The van der Waals surface area contributed by atoms with Crippen molar-refractivity contribution >= 4 is 5.91 Å². The topological polar surface area (TPSA) is 62.1 Å². The smallest absolute Gasteiger partial charge is 0.241 e. The fourth-order valence-electron chi connectivity index (χ4n) is 1.75. The van der Waals surface area contributed by atoms with Gasteiger partial charge in [0.05, 0.1) is 19.3 Å². The number of nitriles is 1. The summed E-state index contributed by atoms with van der Waals surface area (Å²) in [7, 11) is 0. The van der Waals surface area contributed by atoms with Crippen molar-refractivity contribution < 1.29 is 9.53 Å². The summed E-state index contributed by atoms with van der Waals surface area (Å²) < 4.78 is 4.99. The van der Waals surface area contributed by atoms with Crippen molar-refractivity contribution in [3.8, 4) is 6.07 Å². The van der Waals surface area contributed by atoms with Crippen LogP contribution in [0.5, 0.6) is 0 Å². The molecule has 2 aliphatic heterocycles. The highest BCUT2D eigenvalue weighted by Gasteiger charge is 2.52. The van der Waals surface area contributed by atoms with Gasteiger partial charge in [0.15, 0.2) is 0 Å². The summed E-state index contributed by atoms with van der Waals surface area (Å²) in [5, 5.41) is 11.6. The van der Waals surface area contributed by atoms with Gasteiger partial charge in [-0.05, 0) is 6.42 Å². The molecule has 1 atom stereocenters. The van der Waals surface area contributed by atoms with Gasteiger partial charge in [-0.15, -0.1) is 0 Å². The predicted octanol–water partition coefficient (Wildman–Crippen LogP) is -0.337. The Labute approximate surface area is 70.5 Å². The van der Waals surface area contributed by atoms with E-state index >= 15 is 0 Å². The molecule has 0 aromatic carbocycles. The third kappa shape index (κ3) is 0.772. The molecule has 0 saturated carbocycles. The zero-order valence-corrected chi connectivity index (χ0v) is 6.67. The Kier molecular flexibility index (Phi) is 1.55. The quantitative estimate of drug-likeness (QED) is 0.579. The standard InChI is InChI=1S/C8H10N2O2/c9-5-8(6-3-12-4-6)1-2-10-7(8)11/h6H,1-4H2,(H,10,11). The normalized spacial score (nSPS) is 35.4. The van der Waals surface area contributed by atoms with E-state index in [1.165, 1.54) is 0 Å². The average Bonchev–Trinajstić information content (AvgIpc) is 2.30. The largest absolute Gasteiger partial charge is 0.381 e. The van der Waals surface area contributed by atoms with Gasteiger partial charge in [-0.2, -0.15) is 5.26 Å². The first-order valence-electron chi connectivity index (χ1n) is 4.07. The van der Waals surface area contributed by atoms with E-state index in [4.69, 9.17) is 10.00 Å². The van der Waals surface area contributed by atoms with Crippen LogP contribution in [0, 0.1) is 22.7 Å². The third-order valence-electron chi connectivity index (χ3n) is 2.74. The minimum Gasteiger partial charge on any atom is -0.381 e. The number of nitrogens with zero attached hydrogens (tertiary/aromatic N) is 1. The zero-order chi connectivity index (χ0) is 8.60. The number of carbonyl (C=O) groups excluding carboxylic acids is 1. The van der Waals surface area contributed by atoms with Crippen LogP contribution in [0.15, 0.2) is 0 Å². The second kappa shape index (κ2) is 2.46. The van der Waals surface area contributed by atoms with Gasteiger partial charge in [-0.1, -0.05) is 0 Å². The monoisotopic (exact) mass is 166 g/mol. The molecule has 4 heteroatoms. The molecule has 0 aromatic heterocycles. The Morgan fingerprint density at radius 3 is 2.75 bits per heavy atom. The Balaban J connectivity index is 2.23. The van der Waals surface area contributed by atoms with Crippen molar-refractivity contribution in [1.82, 2.24) is 5.32 Å². The molecule has 2 saturated heterocycles. The Hall–Kier alpha value is -1.08. The molecule has 2 heterocycles. The van der Waals surface area contributed by atoms with Crippen molar-refractivity contribution in [2.75, 3.05) is 19.8 Å². The summed E-state index contributed by atoms with van der Waals surface area (Å²) >= 11 is 0. The Morgan fingerprint density at radius 1 is 1.67 bits per heavy atom. The number of hydrogen-bond acceptors (Lipinski definition) is 3. The molecule has 4 nitrogen and oxygen atoms in total. The van der Waals surface area contributed by atoms with Crippen LogP contribution in [-0.4, -0.2) is 25.7 Å². The highest BCUT2D eigenvalue weighted by Crippen LogP contribution is 2.38. The summed E-state index contributed by atoms with van der Waals surface area (Å²) in [5.74, 6) is 0.00306. The van der Waals surface area contributed by atoms with Crippen LogP contribution in [-0.2, 0) is 9.53 Å². The van der Waals surface area contributed by atoms with Gasteiger partial charge in [-0.25, -0.2) is 0 Å². The molecule has 0 radical (unpaired) electrons. The van der Waals surface area contributed by atoms with Crippen molar-refractivity contribution in [2.45, 2.75) is 6.42 Å². The molecule has 0 aliphatic carbocycles. The molecule has 1 N–H and O–H groups in total. The summed E-state index contributed by atoms with van der Waals surface area (Å²) in [4.78, 5) is 11.4. The van der Waals surface area contributed by atoms with Gasteiger partial charge in [-0.3, -0.25) is 4.79 Å². The molecule has 1 amide bonds. The number of amides is 1.